The van der Waals surface area contributed by atoms with E-state index in [2.05, 4.69) is 78.0 Å². The number of rotatable bonds is 12. The number of fused-ring (bicyclic) bond motifs is 2. The van der Waals surface area contributed by atoms with Gasteiger partial charge in [0, 0.05) is 72.7 Å². The summed E-state index contributed by atoms with van der Waals surface area (Å²) in [7, 11) is 0. The van der Waals surface area contributed by atoms with E-state index >= 15 is 0 Å². The summed E-state index contributed by atoms with van der Waals surface area (Å²) in [5, 5.41) is 9.19. The van der Waals surface area contributed by atoms with Crippen molar-refractivity contribution in [1.82, 2.24) is 35.6 Å². The fourth-order valence-corrected chi connectivity index (χ4v) is 5.55. The molecule has 0 spiro atoms. The van der Waals surface area contributed by atoms with Gasteiger partial charge in [0.1, 0.15) is 0 Å². The van der Waals surface area contributed by atoms with Crippen LogP contribution in [0.5, 0.6) is 0 Å². The summed E-state index contributed by atoms with van der Waals surface area (Å²) in [4.78, 5) is 42.6. The zero-order valence-electron chi connectivity index (χ0n) is 24.1. The lowest BCUT2D eigenvalue weighted by molar-refractivity contribution is -0.123. The zero-order valence-corrected chi connectivity index (χ0v) is 24.1. The molecular formula is C33H35N9O2. The van der Waals surface area contributed by atoms with Crippen molar-refractivity contribution in [2.45, 2.75) is 37.9 Å². The summed E-state index contributed by atoms with van der Waals surface area (Å²) in [6.07, 6.45) is 7.92. The van der Waals surface area contributed by atoms with E-state index in [4.69, 9.17) is 11.5 Å². The third kappa shape index (κ3) is 6.38. The Labute approximate surface area is 253 Å². The van der Waals surface area contributed by atoms with Crippen LogP contribution in [0.4, 0.5) is 0 Å². The van der Waals surface area contributed by atoms with Crippen LogP contribution < -0.4 is 22.1 Å². The van der Waals surface area contributed by atoms with E-state index in [1.54, 1.807) is 25.0 Å². The zero-order chi connectivity index (χ0) is 30.5. The number of H-pyrrole nitrogens is 3. The van der Waals surface area contributed by atoms with Crippen molar-refractivity contribution >= 4 is 33.5 Å². The molecule has 9 N–H and O–H groups in total. The Balaban J connectivity index is 1.16. The smallest absolute Gasteiger partial charge is 0.237 e. The Bertz CT molecular complexity index is 1880. The highest BCUT2D eigenvalue weighted by molar-refractivity contribution is 6.06. The number of aromatic amines is 3. The van der Waals surface area contributed by atoms with Crippen molar-refractivity contribution in [1.29, 1.82) is 0 Å². The van der Waals surface area contributed by atoms with Gasteiger partial charge in [0.05, 0.1) is 24.7 Å². The Morgan fingerprint density at radius 1 is 0.727 bits per heavy atom. The first-order valence-corrected chi connectivity index (χ1v) is 14.6. The molecule has 2 amide bonds. The lowest BCUT2D eigenvalue weighted by Crippen LogP contribution is -2.42. The van der Waals surface area contributed by atoms with Gasteiger partial charge < -0.3 is 37.1 Å². The van der Waals surface area contributed by atoms with Crippen molar-refractivity contribution in [2.75, 3.05) is 6.54 Å². The minimum atomic E-state index is -0.673. The molecule has 6 aromatic rings. The van der Waals surface area contributed by atoms with Gasteiger partial charge in [-0.25, -0.2) is 9.97 Å². The normalized spacial score (nSPS) is 12.8. The molecule has 3 aromatic carbocycles. The average Bonchev–Trinajstić information content (AvgIpc) is 3.82. The molecule has 2 atom stereocenters. The standard InChI is InChI=1S/C33H35N9O2/c34-29(13-22-16-36-18-40-22)32(43)38-11-10-21-12-28-26(6-3-7-31(28)42-21)27-9-8-20(24-4-1-2-5-25(24)27)15-39-33(44)30(35)14-23-17-37-19-41-23/h1-9,12,16-19,29-30,42H,10-11,13-15,34-35H2,(H,36,40)(H,37,41)(H,38,43)(H,39,44)/t29-,30+/m0/s1. The summed E-state index contributed by atoms with van der Waals surface area (Å²) in [6.45, 7) is 0.832. The highest BCUT2D eigenvalue weighted by Crippen LogP contribution is 2.35. The van der Waals surface area contributed by atoms with Gasteiger partial charge in [-0.1, -0.05) is 48.5 Å². The maximum absolute atomic E-state index is 12.7. The first-order valence-electron chi connectivity index (χ1n) is 14.6. The van der Waals surface area contributed by atoms with Crippen LogP contribution in [0, 0.1) is 0 Å². The number of amides is 2. The molecule has 3 aromatic heterocycles. The van der Waals surface area contributed by atoms with E-state index in [0.717, 1.165) is 55.4 Å². The van der Waals surface area contributed by atoms with Gasteiger partial charge in [-0.2, -0.15) is 0 Å². The number of carbonyl (C=O) groups excluding carboxylic acids is 2. The molecule has 0 unspecified atom stereocenters. The molecule has 0 saturated carbocycles. The molecule has 3 heterocycles. The van der Waals surface area contributed by atoms with Gasteiger partial charge in [-0.05, 0) is 39.6 Å². The summed E-state index contributed by atoms with van der Waals surface area (Å²) in [5.74, 6) is -0.410. The largest absolute Gasteiger partial charge is 0.358 e. The van der Waals surface area contributed by atoms with E-state index in [0.29, 0.717) is 32.4 Å². The van der Waals surface area contributed by atoms with Gasteiger partial charge in [0.2, 0.25) is 11.8 Å². The predicted molar refractivity (Wildman–Crippen MR) is 170 cm³/mol. The molecule has 224 valence electrons. The Hall–Kier alpha value is -5.26. The Morgan fingerprint density at radius 2 is 1.39 bits per heavy atom. The SMILES string of the molecule is N[C@H](Cc1cnc[nH]1)C(=O)NCc1ccc(-c2cccc3[nH]c(CCNC(=O)[C@@H](N)Cc4cnc[nH]4)cc23)c2ccccc12. The van der Waals surface area contributed by atoms with Crippen molar-refractivity contribution in [3.05, 3.63) is 108 Å². The molecule has 0 saturated heterocycles. The first-order chi connectivity index (χ1) is 21.5. The molecule has 0 aliphatic heterocycles. The van der Waals surface area contributed by atoms with Gasteiger partial charge in [0.25, 0.3) is 0 Å². The molecule has 11 heteroatoms. The summed E-state index contributed by atoms with van der Waals surface area (Å²) < 4.78 is 0. The number of imidazole rings is 2. The second kappa shape index (κ2) is 12.9. The second-order valence-electron chi connectivity index (χ2n) is 10.9. The summed E-state index contributed by atoms with van der Waals surface area (Å²) >= 11 is 0. The quantitative estimate of drug-likeness (QED) is 0.115. The number of nitrogens with zero attached hydrogens (tertiary/aromatic N) is 2. The van der Waals surface area contributed by atoms with E-state index in [-0.39, 0.29) is 11.8 Å². The second-order valence-corrected chi connectivity index (χ2v) is 10.9. The summed E-state index contributed by atoms with van der Waals surface area (Å²) in [6, 6.07) is 19.4. The number of benzene rings is 3. The van der Waals surface area contributed by atoms with E-state index in [1.165, 1.54) is 0 Å². The first kappa shape index (κ1) is 28.8. The van der Waals surface area contributed by atoms with Gasteiger partial charge in [-0.15, -0.1) is 0 Å². The highest BCUT2D eigenvalue weighted by Gasteiger charge is 2.17. The monoisotopic (exact) mass is 589 g/mol. The highest BCUT2D eigenvalue weighted by atomic mass is 16.2. The van der Waals surface area contributed by atoms with Crippen LogP contribution in [0.3, 0.4) is 0 Å². The van der Waals surface area contributed by atoms with Crippen LogP contribution in [0.2, 0.25) is 0 Å². The number of hydrogen-bond acceptors (Lipinski definition) is 6. The third-order valence-corrected chi connectivity index (χ3v) is 7.83. The Kier molecular flexibility index (Phi) is 8.48. The maximum atomic E-state index is 12.7. The third-order valence-electron chi connectivity index (χ3n) is 7.83. The molecule has 0 radical (unpaired) electrons. The van der Waals surface area contributed by atoms with Crippen molar-refractivity contribution in [3.63, 3.8) is 0 Å². The molecule has 0 fully saturated rings. The van der Waals surface area contributed by atoms with Crippen LogP contribution in [0.15, 0.2) is 85.7 Å². The van der Waals surface area contributed by atoms with Crippen LogP contribution in [0.25, 0.3) is 32.8 Å². The van der Waals surface area contributed by atoms with Crippen LogP contribution in [-0.2, 0) is 35.4 Å². The van der Waals surface area contributed by atoms with Crippen LogP contribution in [-0.4, -0.2) is 55.4 Å². The number of nitrogens with two attached hydrogens (primary N) is 2. The maximum Gasteiger partial charge on any atom is 0.237 e. The van der Waals surface area contributed by atoms with Crippen molar-refractivity contribution < 1.29 is 9.59 Å². The van der Waals surface area contributed by atoms with Gasteiger partial charge in [0.15, 0.2) is 0 Å². The number of carbonyl (C=O) groups is 2. The Morgan fingerprint density at radius 3 is 2.07 bits per heavy atom. The number of nitrogens with one attached hydrogen (secondary N) is 5. The topological polar surface area (TPSA) is 183 Å². The lowest BCUT2D eigenvalue weighted by Gasteiger charge is -2.15. The van der Waals surface area contributed by atoms with Crippen molar-refractivity contribution in [3.8, 4) is 11.1 Å². The minimum absolute atomic E-state index is 0.195. The fraction of sp³-hybridized carbons (Fsp3) is 0.212. The number of aromatic nitrogens is 5. The van der Waals surface area contributed by atoms with Gasteiger partial charge in [-0.3, -0.25) is 9.59 Å². The van der Waals surface area contributed by atoms with E-state index in [9.17, 15) is 9.59 Å². The number of hydrogen-bond donors (Lipinski definition) is 7. The van der Waals surface area contributed by atoms with E-state index in [1.807, 2.05) is 18.2 Å². The molecular weight excluding hydrogens is 554 g/mol. The molecule has 0 aliphatic carbocycles. The van der Waals surface area contributed by atoms with Gasteiger partial charge >= 0.3 is 0 Å². The molecule has 6 rings (SSSR count). The molecule has 0 bridgehead atoms. The lowest BCUT2D eigenvalue weighted by atomic mass is 9.93. The average molecular weight is 590 g/mol. The summed E-state index contributed by atoms with van der Waals surface area (Å²) in [5.41, 5.74) is 19.1. The van der Waals surface area contributed by atoms with Crippen LogP contribution >= 0.6 is 0 Å². The molecule has 44 heavy (non-hydrogen) atoms. The molecule has 11 nitrogen and oxygen atoms in total. The van der Waals surface area contributed by atoms with E-state index < -0.39 is 12.1 Å². The van der Waals surface area contributed by atoms with Crippen molar-refractivity contribution in [2.24, 2.45) is 11.5 Å². The minimum Gasteiger partial charge on any atom is -0.358 e. The predicted octanol–water partition coefficient (Wildman–Crippen LogP) is 2.85. The molecule has 0 aliphatic rings. The fourth-order valence-electron chi connectivity index (χ4n) is 5.55. The van der Waals surface area contributed by atoms with Crippen LogP contribution in [0.1, 0.15) is 22.6 Å².